The number of fused-ring (bicyclic) bond motifs is 3. The molecule has 17 heavy (non-hydrogen) atoms. The summed E-state index contributed by atoms with van der Waals surface area (Å²) in [5.41, 5.74) is 0. The molecule has 98 valence electrons. The molecule has 0 radical (unpaired) electrons. The summed E-state index contributed by atoms with van der Waals surface area (Å²) >= 11 is 0. The minimum Gasteiger partial charge on any atom is -0.396 e. The molecule has 3 aliphatic carbocycles. The Morgan fingerprint density at radius 1 is 0.882 bits per heavy atom. The van der Waals surface area contributed by atoms with Gasteiger partial charge in [0.05, 0.1) is 0 Å². The molecular formula is C16H28O. The lowest BCUT2D eigenvalue weighted by Crippen LogP contribution is -2.43. The maximum absolute atomic E-state index is 9.57. The van der Waals surface area contributed by atoms with E-state index < -0.39 is 0 Å². The van der Waals surface area contributed by atoms with E-state index in [0.717, 1.165) is 29.6 Å². The fraction of sp³-hybridized carbons (Fsp3) is 1.00. The third-order valence-corrected chi connectivity index (χ3v) is 6.23. The molecule has 1 heteroatoms. The van der Waals surface area contributed by atoms with Crippen molar-refractivity contribution in [2.75, 3.05) is 6.61 Å². The van der Waals surface area contributed by atoms with Crippen LogP contribution in [0.15, 0.2) is 0 Å². The highest BCUT2D eigenvalue weighted by atomic mass is 16.3. The molecule has 3 saturated carbocycles. The van der Waals surface area contributed by atoms with Crippen LogP contribution >= 0.6 is 0 Å². The molecule has 3 aliphatic rings. The van der Waals surface area contributed by atoms with E-state index in [4.69, 9.17) is 0 Å². The van der Waals surface area contributed by atoms with Gasteiger partial charge in [0.1, 0.15) is 0 Å². The van der Waals surface area contributed by atoms with Gasteiger partial charge >= 0.3 is 0 Å². The molecule has 3 rings (SSSR count). The molecule has 0 bridgehead atoms. The highest BCUT2D eigenvalue weighted by molar-refractivity contribution is 4.94. The van der Waals surface area contributed by atoms with E-state index in [0.29, 0.717) is 12.5 Å². The molecule has 3 fully saturated rings. The average Bonchev–Trinajstić information content (AvgIpc) is 2.37. The van der Waals surface area contributed by atoms with Crippen LogP contribution in [-0.2, 0) is 0 Å². The molecule has 6 atom stereocenters. The third-order valence-electron chi connectivity index (χ3n) is 6.23. The van der Waals surface area contributed by atoms with Crippen LogP contribution in [0.25, 0.3) is 0 Å². The minimum absolute atomic E-state index is 0.453. The molecule has 0 heterocycles. The molecule has 0 amide bonds. The van der Waals surface area contributed by atoms with Crippen molar-refractivity contribution in [2.24, 2.45) is 35.5 Å². The van der Waals surface area contributed by atoms with Gasteiger partial charge in [-0.1, -0.05) is 19.8 Å². The number of hydrogen-bond donors (Lipinski definition) is 1. The summed E-state index contributed by atoms with van der Waals surface area (Å²) in [5.74, 6) is 5.55. The van der Waals surface area contributed by atoms with Gasteiger partial charge in [-0.25, -0.2) is 0 Å². The summed E-state index contributed by atoms with van der Waals surface area (Å²) in [4.78, 5) is 0. The van der Waals surface area contributed by atoms with Gasteiger partial charge in [-0.3, -0.25) is 0 Å². The monoisotopic (exact) mass is 236 g/mol. The van der Waals surface area contributed by atoms with Crippen molar-refractivity contribution in [1.82, 2.24) is 0 Å². The second-order valence-electron chi connectivity index (χ2n) is 7.12. The lowest BCUT2D eigenvalue weighted by molar-refractivity contribution is -0.0274. The molecule has 1 nitrogen and oxygen atoms in total. The van der Waals surface area contributed by atoms with Gasteiger partial charge in [0, 0.05) is 6.61 Å². The first kappa shape index (κ1) is 12.0. The maximum atomic E-state index is 9.57. The van der Waals surface area contributed by atoms with E-state index in [1.807, 2.05) is 0 Å². The normalized spacial score (nSPS) is 50.5. The number of aliphatic hydroxyl groups excluding tert-OH is 1. The molecule has 1 N–H and O–H groups in total. The zero-order valence-corrected chi connectivity index (χ0v) is 11.3. The van der Waals surface area contributed by atoms with Crippen LogP contribution < -0.4 is 0 Å². The highest BCUT2D eigenvalue weighted by Crippen LogP contribution is 2.53. The second kappa shape index (κ2) is 4.91. The molecule has 6 unspecified atom stereocenters. The molecule has 0 saturated heterocycles. The van der Waals surface area contributed by atoms with Crippen LogP contribution in [0.1, 0.15) is 58.3 Å². The summed E-state index contributed by atoms with van der Waals surface area (Å²) in [5, 5.41) is 9.57. The summed E-state index contributed by atoms with van der Waals surface area (Å²) in [7, 11) is 0. The lowest BCUT2D eigenvalue weighted by atomic mass is 9.54. The van der Waals surface area contributed by atoms with Crippen molar-refractivity contribution in [3.05, 3.63) is 0 Å². The predicted octanol–water partition coefficient (Wildman–Crippen LogP) is 3.86. The van der Waals surface area contributed by atoms with E-state index >= 15 is 0 Å². The Morgan fingerprint density at radius 2 is 1.71 bits per heavy atom. The largest absolute Gasteiger partial charge is 0.396 e. The van der Waals surface area contributed by atoms with Gasteiger partial charge in [0.25, 0.3) is 0 Å². The van der Waals surface area contributed by atoms with Gasteiger partial charge in [-0.15, -0.1) is 0 Å². The van der Waals surface area contributed by atoms with Gasteiger partial charge in [-0.05, 0) is 74.0 Å². The van der Waals surface area contributed by atoms with E-state index in [2.05, 4.69) is 6.92 Å². The fourth-order valence-electron chi connectivity index (χ4n) is 5.43. The Bertz CT molecular complexity index is 262. The number of aliphatic hydroxyl groups is 1. The first-order valence-corrected chi connectivity index (χ1v) is 7.90. The van der Waals surface area contributed by atoms with E-state index in [1.165, 1.54) is 51.4 Å². The van der Waals surface area contributed by atoms with Gasteiger partial charge < -0.3 is 5.11 Å². The van der Waals surface area contributed by atoms with Crippen LogP contribution in [0.2, 0.25) is 0 Å². The minimum atomic E-state index is 0.453. The Hall–Kier alpha value is -0.0400. The smallest absolute Gasteiger partial charge is 0.0462 e. The van der Waals surface area contributed by atoms with Gasteiger partial charge in [0.15, 0.2) is 0 Å². The van der Waals surface area contributed by atoms with Crippen molar-refractivity contribution < 1.29 is 5.11 Å². The van der Waals surface area contributed by atoms with E-state index in [1.54, 1.807) is 0 Å². The molecule has 0 aromatic heterocycles. The van der Waals surface area contributed by atoms with Crippen LogP contribution in [0.4, 0.5) is 0 Å². The standard InChI is InChI=1S/C16H28O/c1-11-5-7-14-12(9-11)6-8-15-13(10-17)3-2-4-16(14)15/h11-17H,2-10H2,1H3. The quantitative estimate of drug-likeness (QED) is 0.733. The van der Waals surface area contributed by atoms with E-state index in [-0.39, 0.29) is 0 Å². The first-order valence-electron chi connectivity index (χ1n) is 7.90. The Kier molecular flexibility index (Phi) is 3.47. The molecule has 0 aromatic carbocycles. The Balaban J connectivity index is 1.73. The maximum Gasteiger partial charge on any atom is 0.0462 e. The van der Waals surface area contributed by atoms with Crippen molar-refractivity contribution in [2.45, 2.75) is 58.3 Å². The van der Waals surface area contributed by atoms with Crippen LogP contribution in [0, 0.1) is 35.5 Å². The molecule has 0 spiro atoms. The topological polar surface area (TPSA) is 20.2 Å². The van der Waals surface area contributed by atoms with Crippen molar-refractivity contribution >= 4 is 0 Å². The second-order valence-corrected chi connectivity index (χ2v) is 7.12. The van der Waals surface area contributed by atoms with Crippen LogP contribution in [-0.4, -0.2) is 11.7 Å². The first-order chi connectivity index (χ1) is 8.29. The molecule has 0 aliphatic heterocycles. The molecular weight excluding hydrogens is 208 g/mol. The van der Waals surface area contributed by atoms with Crippen LogP contribution in [0.5, 0.6) is 0 Å². The summed E-state index contributed by atoms with van der Waals surface area (Å²) in [6.07, 6.45) is 11.5. The molecule has 0 aromatic rings. The summed E-state index contributed by atoms with van der Waals surface area (Å²) in [6.45, 7) is 2.90. The summed E-state index contributed by atoms with van der Waals surface area (Å²) < 4.78 is 0. The number of hydrogen-bond acceptors (Lipinski definition) is 1. The van der Waals surface area contributed by atoms with Crippen molar-refractivity contribution in [3.63, 3.8) is 0 Å². The highest BCUT2D eigenvalue weighted by Gasteiger charge is 2.45. The summed E-state index contributed by atoms with van der Waals surface area (Å²) in [6, 6.07) is 0. The van der Waals surface area contributed by atoms with Crippen molar-refractivity contribution in [3.8, 4) is 0 Å². The zero-order valence-electron chi connectivity index (χ0n) is 11.3. The van der Waals surface area contributed by atoms with E-state index in [9.17, 15) is 5.11 Å². The zero-order chi connectivity index (χ0) is 11.8. The van der Waals surface area contributed by atoms with Gasteiger partial charge in [0.2, 0.25) is 0 Å². The SMILES string of the molecule is CC1CCC2C(CCC3C(CO)CCCC32)C1. The average molecular weight is 236 g/mol. The fourth-order valence-corrected chi connectivity index (χ4v) is 5.43. The Labute approximate surface area is 106 Å². The van der Waals surface area contributed by atoms with Gasteiger partial charge in [-0.2, -0.15) is 0 Å². The lowest BCUT2D eigenvalue weighted by Gasteiger charge is -2.51. The Morgan fingerprint density at radius 3 is 2.53 bits per heavy atom. The number of rotatable bonds is 1. The predicted molar refractivity (Wildman–Crippen MR) is 70.6 cm³/mol. The third kappa shape index (κ3) is 2.16. The van der Waals surface area contributed by atoms with Crippen LogP contribution in [0.3, 0.4) is 0 Å². The van der Waals surface area contributed by atoms with Crippen molar-refractivity contribution in [1.29, 1.82) is 0 Å².